The number of carboxylic acid groups (broad SMARTS) is 1. The second kappa shape index (κ2) is 11.4. The average Bonchev–Trinajstić information content (AvgIpc) is 3.19. The zero-order valence-corrected chi connectivity index (χ0v) is 20.2. The van der Waals surface area contributed by atoms with Crippen LogP contribution in [0.3, 0.4) is 0 Å². The number of alkyl carbamates (subject to hydrolysis) is 1. The van der Waals surface area contributed by atoms with Gasteiger partial charge in [-0.3, -0.25) is 9.59 Å². The Morgan fingerprint density at radius 2 is 1.69 bits per heavy atom. The van der Waals surface area contributed by atoms with Crippen molar-refractivity contribution in [2.45, 2.75) is 57.4 Å². The molecule has 7 nitrogen and oxygen atoms in total. The van der Waals surface area contributed by atoms with E-state index in [1.54, 1.807) is 0 Å². The normalized spacial score (nSPS) is 19.8. The Kier molecular flexibility index (Phi) is 8.06. The molecule has 186 valence electrons. The number of carboxylic acids is 1. The summed E-state index contributed by atoms with van der Waals surface area (Å²) in [4.78, 5) is 35.8. The van der Waals surface area contributed by atoms with Crippen LogP contribution in [0.15, 0.2) is 48.5 Å². The van der Waals surface area contributed by atoms with Crippen molar-refractivity contribution < 1.29 is 24.2 Å². The lowest BCUT2D eigenvalue weighted by atomic mass is 9.81. The van der Waals surface area contributed by atoms with Gasteiger partial charge in [-0.15, -0.1) is 0 Å². The summed E-state index contributed by atoms with van der Waals surface area (Å²) in [6, 6.07) is 16.3. The number of rotatable bonds is 9. The van der Waals surface area contributed by atoms with Gasteiger partial charge in [-0.25, -0.2) is 4.79 Å². The monoisotopic (exact) mass is 478 g/mol. The summed E-state index contributed by atoms with van der Waals surface area (Å²) in [5.74, 6) is -0.740. The number of hydrogen-bond acceptors (Lipinski definition) is 4. The van der Waals surface area contributed by atoms with Crippen LogP contribution in [-0.4, -0.2) is 42.3 Å². The third kappa shape index (κ3) is 6.21. The summed E-state index contributed by atoms with van der Waals surface area (Å²) >= 11 is 0. The lowest BCUT2D eigenvalue weighted by molar-refractivity contribution is -0.137. The minimum Gasteiger partial charge on any atom is -0.481 e. The molecule has 0 spiro atoms. The predicted molar refractivity (Wildman–Crippen MR) is 133 cm³/mol. The van der Waals surface area contributed by atoms with E-state index in [2.05, 4.69) is 34.9 Å². The van der Waals surface area contributed by atoms with Gasteiger partial charge in [0.05, 0.1) is 0 Å². The molecule has 1 fully saturated rings. The lowest BCUT2D eigenvalue weighted by Gasteiger charge is -2.29. The van der Waals surface area contributed by atoms with Crippen LogP contribution in [0.4, 0.5) is 4.79 Å². The van der Waals surface area contributed by atoms with Gasteiger partial charge < -0.3 is 20.5 Å². The standard InChI is InChI=1S/C28H34N2O5/c1-18(13-14-26(31)32)30-27(33)20-8-6-7-19(15-20)16-29-28(34)35-17-25-23-11-4-2-9-21(23)22-10-3-5-12-24(22)25/h2-5,9-12,18-20,25H,6-8,13-17H2,1H3,(H,29,34)(H,30,33)(H,31,32). The van der Waals surface area contributed by atoms with Crippen molar-refractivity contribution in [3.05, 3.63) is 59.7 Å². The Labute approximate surface area is 206 Å². The van der Waals surface area contributed by atoms with Gasteiger partial charge in [0, 0.05) is 30.8 Å². The molecule has 0 aromatic heterocycles. The quantitative estimate of drug-likeness (QED) is 0.485. The third-order valence-electron chi connectivity index (χ3n) is 7.21. The zero-order valence-electron chi connectivity index (χ0n) is 20.2. The number of benzene rings is 2. The Morgan fingerprint density at radius 3 is 2.34 bits per heavy atom. The molecular weight excluding hydrogens is 444 g/mol. The Morgan fingerprint density at radius 1 is 1.03 bits per heavy atom. The predicted octanol–water partition coefficient (Wildman–Crippen LogP) is 4.70. The van der Waals surface area contributed by atoms with Crippen molar-refractivity contribution in [3.63, 3.8) is 0 Å². The molecule has 3 N–H and O–H groups in total. The number of carbonyl (C=O) groups excluding carboxylic acids is 2. The molecular formula is C28H34N2O5. The fraction of sp³-hybridized carbons (Fsp3) is 0.464. The van der Waals surface area contributed by atoms with Gasteiger partial charge in [-0.05, 0) is 60.8 Å². The van der Waals surface area contributed by atoms with Gasteiger partial charge in [-0.1, -0.05) is 55.0 Å². The molecule has 4 rings (SSSR count). The van der Waals surface area contributed by atoms with E-state index < -0.39 is 12.1 Å². The topological polar surface area (TPSA) is 105 Å². The fourth-order valence-electron chi connectivity index (χ4n) is 5.36. The molecule has 3 unspecified atom stereocenters. The summed E-state index contributed by atoms with van der Waals surface area (Å²) < 4.78 is 5.63. The number of aliphatic carboxylic acids is 1. The molecule has 7 heteroatoms. The molecule has 0 saturated heterocycles. The first-order chi connectivity index (χ1) is 16.9. The van der Waals surface area contributed by atoms with Crippen LogP contribution in [-0.2, 0) is 14.3 Å². The van der Waals surface area contributed by atoms with Gasteiger partial charge in [0.1, 0.15) is 6.61 Å². The molecule has 35 heavy (non-hydrogen) atoms. The summed E-state index contributed by atoms with van der Waals surface area (Å²) in [6.45, 7) is 2.60. The number of hydrogen-bond donors (Lipinski definition) is 3. The smallest absolute Gasteiger partial charge is 0.407 e. The van der Waals surface area contributed by atoms with E-state index in [0.717, 1.165) is 19.3 Å². The van der Waals surface area contributed by atoms with Crippen LogP contribution in [0.1, 0.15) is 62.5 Å². The van der Waals surface area contributed by atoms with Crippen molar-refractivity contribution in [1.82, 2.24) is 10.6 Å². The molecule has 2 aromatic rings. The second-order valence-corrected chi connectivity index (χ2v) is 9.78. The van der Waals surface area contributed by atoms with E-state index in [9.17, 15) is 14.4 Å². The molecule has 2 aromatic carbocycles. The van der Waals surface area contributed by atoms with Crippen molar-refractivity contribution in [3.8, 4) is 11.1 Å². The van der Waals surface area contributed by atoms with Crippen molar-refractivity contribution in [2.24, 2.45) is 11.8 Å². The number of carbonyl (C=O) groups is 3. The van der Waals surface area contributed by atoms with Crippen molar-refractivity contribution in [1.29, 1.82) is 0 Å². The second-order valence-electron chi connectivity index (χ2n) is 9.78. The Hall–Kier alpha value is -3.35. The maximum absolute atomic E-state index is 12.6. The summed E-state index contributed by atoms with van der Waals surface area (Å²) in [7, 11) is 0. The highest BCUT2D eigenvalue weighted by atomic mass is 16.5. The zero-order chi connectivity index (χ0) is 24.8. The maximum atomic E-state index is 12.6. The molecule has 1 saturated carbocycles. The van der Waals surface area contributed by atoms with Gasteiger partial charge >= 0.3 is 12.1 Å². The van der Waals surface area contributed by atoms with E-state index in [1.807, 2.05) is 31.2 Å². The van der Waals surface area contributed by atoms with Crippen LogP contribution in [0.25, 0.3) is 11.1 Å². The summed E-state index contributed by atoms with van der Waals surface area (Å²) in [5.41, 5.74) is 4.75. The number of amides is 2. The summed E-state index contributed by atoms with van der Waals surface area (Å²) in [5, 5.41) is 14.7. The molecule has 2 aliphatic carbocycles. The summed E-state index contributed by atoms with van der Waals surface area (Å²) in [6.07, 6.45) is 3.45. The lowest BCUT2D eigenvalue weighted by Crippen LogP contribution is -2.41. The van der Waals surface area contributed by atoms with E-state index >= 15 is 0 Å². The van der Waals surface area contributed by atoms with Gasteiger partial charge in [0.25, 0.3) is 0 Å². The third-order valence-corrected chi connectivity index (χ3v) is 7.21. The minimum absolute atomic E-state index is 0.0197. The van der Waals surface area contributed by atoms with E-state index in [1.165, 1.54) is 22.3 Å². The molecule has 0 aliphatic heterocycles. The van der Waals surface area contributed by atoms with Gasteiger partial charge in [0.15, 0.2) is 0 Å². The number of nitrogens with one attached hydrogen (secondary N) is 2. The number of ether oxygens (including phenoxy) is 1. The van der Waals surface area contributed by atoms with Crippen molar-refractivity contribution in [2.75, 3.05) is 13.2 Å². The first kappa shape index (κ1) is 24.8. The highest BCUT2D eigenvalue weighted by molar-refractivity contribution is 5.80. The van der Waals surface area contributed by atoms with E-state index in [-0.39, 0.29) is 42.7 Å². The van der Waals surface area contributed by atoms with Crippen LogP contribution in [0.5, 0.6) is 0 Å². The van der Waals surface area contributed by atoms with Crippen molar-refractivity contribution >= 4 is 18.0 Å². The van der Waals surface area contributed by atoms with E-state index in [4.69, 9.17) is 9.84 Å². The molecule has 2 amide bonds. The Balaban J connectivity index is 1.23. The molecule has 0 bridgehead atoms. The van der Waals surface area contributed by atoms with Crippen LogP contribution >= 0.6 is 0 Å². The molecule has 0 heterocycles. The highest BCUT2D eigenvalue weighted by Gasteiger charge is 2.30. The Bertz CT molecular complexity index is 1020. The maximum Gasteiger partial charge on any atom is 0.407 e. The van der Waals surface area contributed by atoms with Crippen LogP contribution < -0.4 is 10.6 Å². The first-order valence-corrected chi connectivity index (χ1v) is 12.5. The fourth-order valence-corrected chi connectivity index (χ4v) is 5.36. The number of fused-ring (bicyclic) bond motifs is 3. The molecule has 2 aliphatic rings. The molecule has 0 radical (unpaired) electrons. The SMILES string of the molecule is CC(CCC(=O)O)NC(=O)C1CCCC(CNC(=O)OCC2c3ccccc3-c3ccccc32)C1. The van der Waals surface area contributed by atoms with Crippen LogP contribution in [0, 0.1) is 11.8 Å². The van der Waals surface area contributed by atoms with E-state index in [0.29, 0.717) is 19.4 Å². The molecule has 3 atom stereocenters. The average molecular weight is 479 g/mol. The van der Waals surface area contributed by atoms with Gasteiger partial charge in [-0.2, -0.15) is 0 Å². The van der Waals surface area contributed by atoms with Gasteiger partial charge in [0.2, 0.25) is 5.91 Å². The highest BCUT2D eigenvalue weighted by Crippen LogP contribution is 2.44. The van der Waals surface area contributed by atoms with Crippen LogP contribution in [0.2, 0.25) is 0 Å². The first-order valence-electron chi connectivity index (χ1n) is 12.5. The minimum atomic E-state index is -0.858. The largest absolute Gasteiger partial charge is 0.481 e.